The van der Waals surface area contributed by atoms with Crippen LogP contribution in [0.1, 0.15) is 51.9 Å². The van der Waals surface area contributed by atoms with Crippen molar-refractivity contribution < 1.29 is 32.3 Å². The van der Waals surface area contributed by atoms with Crippen LogP contribution in [0.2, 0.25) is 0 Å². The van der Waals surface area contributed by atoms with Crippen LogP contribution in [0.3, 0.4) is 0 Å². The highest BCUT2D eigenvalue weighted by Gasteiger charge is 2.27. The van der Waals surface area contributed by atoms with Crippen LogP contribution in [-0.2, 0) is 24.3 Å². The number of methoxy groups -OCH3 is 1. The van der Waals surface area contributed by atoms with Crippen molar-refractivity contribution in [2.24, 2.45) is 0 Å². The average Bonchev–Trinajstić information content (AvgIpc) is 2.61. The van der Waals surface area contributed by atoms with Crippen molar-refractivity contribution in [2.45, 2.75) is 57.5 Å². The summed E-state index contributed by atoms with van der Waals surface area (Å²) in [5.41, 5.74) is -1.26. The number of likely N-dealkylation sites (N-methyl/N-ethyl adjacent to an activating group) is 1. The lowest BCUT2D eigenvalue weighted by Gasteiger charge is -2.23. The Labute approximate surface area is 189 Å². The van der Waals surface area contributed by atoms with Crippen molar-refractivity contribution in [3.8, 4) is 5.75 Å². The number of benzene rings is 1. The molecular weight excluding hydrogens is 438 g/mol. The zero-order valence-electron chi connectivity index (χ0n) is 19.9. The highest BCUT2D eigenvalue weighted by atomic mass is 32.2. The number of hydrogen-bond acceptors (Lipinski definition) is 7. The number of rotatable bonds is 8. The molecule has 0 bridgehead atoms. The van der Waals surface area contributed by atoms with E-state index < -0.39 is 39.6 Å². The van der Waals surface area contributed by atoms with Crippen LogP contribution >= 0.6 is 0 Å². The molecule has 0 unspecified atom stereocenters. The average molecular weight is 472 g/mol. The SMILES string of the molecule is COc1ccc(C(=O)OCC(=O)N(C)CC(=O)NC(C)(C)C)cc1S(=O)(=O)NC(C)(C)C. The van der Waals surface area contributed by atoms with Crippen molar-refractivity contribution >= 4 is 27.8 Å². The molecule has 0 saturated carbocycles. The number of sulfonamides is 1. The highest BCUT2D eigenvalue weighted by molar-refractivity contribution is 7.89. The molecule has 10 nitrogen and oxygen atoms in total. The van der Waals surface area contributed by atoms with Gasteiger partial charge < -0.3 is 19.7 Å². The third kappa shape index (κ3) is 8.83. The Morgan fingerprint density at radius 3 is 2.12 bits per heavy atom. The first-order valence-corrected chi connectivity index (χ1v) is 11.4. The Hall–Kier alpha value is -2.66. The molecule has 0 radical (unpaired) electrons. The van der Waals surface area contributed by atoms with Gasteiger partial charge in [0.2, 0.25) is 15.9 Å². The van der Waals surface area contributed by atoms with Gasteiger partial charge in [0.05, 0.1) is 19.2 Å². The molecule has 0 atom stereocenters. The molecule has 0 saturated heterocycles. The molecule has 2 amide bonds. The fourth-order valence-corrected chi connectivity index (χ4v) is 4.17. The summed E-state index contributed by atoms with van der Waals surface area (Å²) in [5, 5.41) is 2.73. The van der Waals surface area contributed by atoms with Gasteiger partial charge in [-0.15, -0.1) is 0 Å². The van der Waals surface area contributed by atoms with Crippen LogP contribution in [0.25, 0.3) is 0 Å². The second-order valence-electron chi connectivity index (χ2n) is 9.35. The lowest BCUT2D eigenvalue weighted by Crippen LogP contribution is -2.46. The van der Waals surface area contributed by atoms with Gasteiger partial charge in [-0.05, 0) is 59.7 Å². The number of hydrogen-bond donors (Lipinski definition) is 2. The minimum Gasteiger partial charge on any atom is -0.495 e. The van der Waals surface area contributed by atoms with E-state index in [0.717, 1.165) is 11.0 Å². The van der Waals surface area contributed by atoms with Crippen molar-refractivity contribution in [3.05, 3.63) is 23.8 Å². The molecule has 2 N–H and O–H groups in total. The highest BCUT2D eigenvalue weighted by Crippen LogP contribution is 2.26. The van der Waals surface area contributed by atoms with E-state index in [9.17, 15) is 22.8 Å². The topological polar surface area (TPSA) is 131 Å². The maximum atomic E-state index is 12.7. The van der Waals surface area contributed by atoms with E-state index in [0.29, 0.717) is 0 Å². The molecular formula is C21H33N3O7S. The van der Waals surface area contributed by atoms with Crippen LogP contribution in [0, 0.1) is 0 Å². The summed E-state index contributed by atoms with van der Waals surface area (Å²) in [4.78, 5) is 37.5. The Morgan fingerprint density at radius 2 is 1.62 bits per heavy atom. The van der Waals surface area contributed by atoms with E-state index in [-0.39, 0.29) is 28.7 Å². The summed E-state index contributed by atoms with van der Waals surface area (Å²) in [6.45, 7) is 9.68. The number of amides is 2. The molecule has 0 heterocycles. The van der Waals surface area contributed by atoms with Gasteiger partial charge in [0, 0.05) is 18.1 Å². The van der Waals surface area contributed by atoms with Crippen LogP contribution < -0.4 is 14.8 Å². The predicted octanol–water partition coefficient (Wildman–Crippen LogP) is 1.30. The van der Waals surface area contributed by atoms with Crippen molar-refractivity contribution in [1.29, 1.82) is 0 Å². The molecule has 0 aliphatic rings. The first-order chi connectivity index (χ1) is 14.4. The van der Waals surface area contributed by atoms with Crippen molar-refractivity contribution in [1.82, 2.24) is 14.9 Å². The van der Waals surface area contributed by atoms with Gasteiger partial charge in [-0.1, -0.05) is 0 Å². The van der Waals surface area contributed by atoms with Crippen LogP contribution in [0.15, 0.2) is 23.1 Å². The summed E-state index contributed by atoms with van der Waals surface area (Å²) in [7, 11) is -1.27. The summed E-state index contributed by atoms with van der Waals surface area (Å²) < 4.78 is 38.1. The monoisotopic (exact) mass is 471 g/mol. The maximum absolute atomic E-state index is 12.7. The number of carbonyl (C=O) groups excluding carboxylic acids is 3. The molecule has 0 aliphatic carbocycles. The second kappa shape index (κ2) is 10.3. The van der Waals surface area contributed by atoms with E-state index in [4.69, 9.17) is 9.47 Å². The van der Waals surface area contributed by atoms with Crippen LogP contribution in [0.5, 0.6) is 5.75 Å². The van der Waals surface area contributed by atoms with Gasteiger partial charge in [-0.2, -0.15) is 0 Å². The summed E-state index contributed by atoms with van der Waals surface area (Å²) >= 11 is 0. The van der Waals surface area contributed by atoms with Gasteiger partial charge in [-0.25, -0.2) is 17.9 Å². The van der Waals surface area contributed by atoms with Crippen LogP contribution in [0.4, 0.5) is 0 Å². The zero-order chi connectivity index (χ0) is 24.9. The molecule has 0 aliphatic heterocycles. The molecule has 180 valence electrons. The Bertz CT molecular complexity index is 961. The third-order valence-corrected chi connectivity index (χ3v) is 5.56. The van der Waals surface area contributed by atoms with E-state index in [2.05, 4.69) is 10.0 Å². The molecule has 1 aromatic carbocycles. The lowest BCUT2D eigenvalue weighted by molar-refractivity contribution is -0.137. The number of esters is 1. The number of ether oxygens (including phenoxy) is 2. The smallest absolute Gasteiger partial charge is 0.338 e. The van der Waals surface area contributed by atoms with E-state index in [1.165, 1.54) is 26.3 Å². The second-order valence-corrected chi connectivity index (χ2v) is 11.0. The Morgan fingerprint density at radius 1 is 1.03 bits per heavy atom. The van der Waals surface area contributed by atoms with Crippen molar-refractivity contribution in [2.75, 3.05) is 27.3 Å². The third-order valence-electron chi connectivity index (χ3n) is 3.78. The number of carbonyl (C=O) groups is 3. The Balaban J connectivity index is 2.90. The van der Waals surface area contributed by atoms with Gasteiger partial charge in [0.25, 0.3) is 5.91 Å². The molecule has 0 fully saturated rings. The molecule has 0 aromatic heterocycles. The number of nitrogens with one attached hydrogen (secondary N) is 2. The van der Waals surface area contributed by atoms with Gasteiger partial charge in [0.15, 0.2) is 6.61 Å². The number of nitrogens with zero attached hydrogens (tertiary/aromatic N) is 1. The summed E-state index contributed by atoms with van der Waals surface area (Å²) in [5.74, 6) is -1.77. The van der Waals surface area contributed by atoms with E-state index in [1.54, 1.807) is 20.8 Å². The van der Waals surface area contributed by atoms with Gasteiger partial charge in [0.1, 0.15) is 10.6 Å². The van der Waals surface area contributed by atoms with Crippen molar-refractivity contribution in [3.63, 3.8) is 0 Å². The minimum atomic E-state index is -3.99. The molecule has 11 heteroatoms. The van der Waals surface area contributed by atoms with Gasteiger partial charge in [-0.3, -0.25) is 9.59 Å². The predicted molar refractivity (Wildman–Crippen MR) is 119 cm³/mol. The van der Waals surface area contributed by atoms with Gasteiger partial charge >= 0.3 is 5.97 Å². The fraction of sp³-hybridized carbons (Fsp3) is 0.571. The largest absolute Gasteiger partial charge is 0.495 e. The lowest BCUT2D eigenvalue weighted by atomic mass is 10.1. The summed E-state index contributed by atoms with van der Waals surface area (Å²) in [6.07, 6.45) is 0. The molecule has 32 heavy (non-hydrogen) atoms. The molecule has 1 aromatic rings. The first kappa shape index (κ1) is 27.4. The Kier molecular flexibility index (Phi) is 8.82. The zero-order valence-corrected chi connectivity index (χ0v) is 20.7. The maximum Gasteiger partial charge on any atom is 0.338 e. The summed E-state index contributed by atoms with van der Waals surface area (Å²) in [6, 6.07) is 3.79. The standard InChI is InChI=1S/C21H33N3O7S/c1-20(2,3)22-17(25)12-24(7)18(26)13-31-19(27)14-9-10-15(30-8)16(11-14)32(28,29)23-21(4,5)6/h9-11,23H,12-13H2,1-8H3,(H,22,25). The molecule has 1 rings (SSSR count). The van der Waals surface area contributed by atoms with Crippen LogP contribution in [-0.4, -0.2) is 69.5 Å². The normalized spacial score (nSPS) is 12.1. The fourth-order valence-electron chi connectivity index (χ4n) is 2.55. The van der Waals surface area contributed by atoms with E-state index >= 15 is 0 Å². The molecule has 0 spiro atoms. The first-order valence-electron chi connectivity index (χ1n) is 9.89. The minimum absolute atomic E-state index is 0.0546. The van der Waals surface area contributed by atoms with E-state index in [1.807, 2.05) is 20.8 Å². The quantitative estimate of drug-likeness (QED) is 0.546.